The quantitative estimate of drug-likeness (QED) is 0.621. The molecule has 19 heavy (non-hydrogen) atoms. The van der Waals surface area contributed by atoms with Gasteiger partial charge in [-0.25, -0.2) is 0 Å². The minimum atomic E-state index is -0.757. The number of aliphatic carboxylic acids is 1. The Labute approximate surface area is 130 Å². The lowest BCUT2D eigenvalue weighted by molar-refractivity contribution is -0.136. The molecule has 3 N–H and O–H groups in total. The van der Waals surface area contributed by atoms with Crippen LogP contribution in [0.25, 0.3) is 0 Å². The first-order valence-corrected chi connectivity index (χ1v) is 6.52. The molecule has 0 amide bonds. The number of carbonyl (C=O) groups is 1. The Balaban J connectivity index is 0. The summed E-state index contributed by atoms with van der Waals surface area (Å²) in [5, 5.41) is 8.54. The zero-order valence-corrected chi connectivity index (χ0v) is 13.4. The van der Waals surface area contributed by atoms with Crippen LogP contribution >= 0.6 is 36.6 Å². The highest BCUT2D eigenvalue weighted by molar-refractivity contribution is 7.98. The number of hydrogen-bond donors (Lipinski definition) is 2. The molecule has 7 heteroatoms. The molecule has 4 nitrogen and oxygen atoms in total. The van der Waals surface area contributed by atoms with Gasteiger partial charge in [-0.05, 0) is 11.6 Å². The van der Waals surface area contributed by atoms with E-state index in [0.29, 0.717) is 5.75 Å². The van der Waals surface area contributed by atoms with Crippen molar-refractivity contribution in [2.45, 2.75) is 12.2 Å². The van der Waals surface area contributed by atoms with Gasteiger partial charge in [0.05, 0.1) is 17.8 Å². The summed E-state index contributed by atoms with van der Waals surface area (Å²) in [6.07, 6.45) is 0.192. The summed E-state index contributed by atoms with van der Waals surface area (Å²) in [5.74, 6) is 0.606. The Kier molecular flexibility index (Phi) is 10.9. The van der Waals surface area contributed by atoms with Crippen molar-refractivity contribution in [2.75, 3.05) is 30.5 Å². The number of thioether (sulfide) groups is 1. The van der Waals surface area contributed by atoms with E-state index in [1.165, 1.54) is 0 Å². The zero-order valence-electron chi connectivity index (χ0n) is 11.0. The highest BCUT2D eigenvalue weighted by Crippen LogP contribution is 2.27. The Morgan fingerprint density at radius 1 is 1.37 bits per heavy atom. The van der Waals surface area contributed by atoms with Gasteiger partial charge in [-0.3, -0.25) is 4.79 Å². The monoisotopic (exact) mass is 326 g/mol. The third-order valence-electron chi connectivity index (χ3n) is 2.37. The molecule has 0 bridgehead atoms. The van der Waals surface area contributed by atoms with Crippen molar-refractivity contribution in [2.24, 2.45) is 0 Å². The van der Waals surface area contributed by atoms with Crippen LogP contribution in [0.3, 0.4) is 0 Å². The summed E-state index contributed by atoms with van der Waals surface area (Å²) in [6, 6.07) is 5.93. The summed E-state index contributed by atoms with van der Waals surface area (Å²) in [4.78, 5) is 12.3. The van der Waals surface area contributed by atoms with Gasteiger partial charge in [-0.2, -0.15) is 11.8 Å². The second kappa shape index (κ2) is 10.1. The lowest BCUT2D eigenvalue weighted by atomic mass is 10.1. The summed E-state index contributed by atoms with van der Waals surface area (Å²) in [7, 11) is 3.90. The predicted octanol–water partition coefficient (Wildman–Crippen LogP) is 2.89. The van der Waals surface area contributed by atoms with E-state index in [2.05, 4.69) is 0 Å². The number of anilines is 2. The number of nitrogens with zero attached hydrogens (tertiary/aromatic N) is 1. The molecule has 0 heterocycles. The van der Waals surface area contributed by atoms with Gasteiger partial charge in [0.15, 0.2) is 0 Å². The van der Waals surface area contributed by atoms with Crippen molar-refractivity contribution in [3.8, 4) is 0 Å². The summed E-state index contributed by atoms with van der Waals surface area (Å²) in [6.45, 7) is 0. The van der Waals surface area contributed by atoms with Gasteiger partial charge < -0.3 is 15.7 Å². The van der Waals surface area contributed by atoms with Gasteiger partial charge in [0.1, 0.15) is 0 Å². The molecule has 0 saturated heterocycles. The Hall–Kier alpha value is -0.780. The number of carboxylic acids is 1. The van der Waals surface area contributed by atoms with E-state index in [1.807, 2.05) is 37.2 Å². The van der Waals surface area contributed by atoms with E-state index in [-0.39, 0.29) is 31.2 Å². The van der Waals surface area contributed by atoms with E-state index < -0.39 is 5.97 Å². The number of carboxylic acid groups (broad SMARTS) is 1. The van der Waals surface area contributed by atoms with Crippen molar-refractivity contribution < 1.29 is 9.90 Å². The van der Waals surface area contributed by atoms with Gasteiger partial charge in [0, 0.05) is 25.6 Å². The second-order valence-electron chi connectivity index (χ2n) is 3.94. The van der Waals surface area contributed by atoms with E-state index in [9.17, 15) is 4.79 Å². The first-order valence-electron chi connectivity index (χ1n) is 5.36. The highest BCUT2D eigenvalue weighted by atomic mass is 35.5. The fourth-order valence-corrected chi connectivity index (χ4v) is 2.39. The standard InChI is InChI=1S/C12H18N2O2S.2ClH/c1-14(2)10-5-3-4-9(12(10)13)8-17-7-6-11(15)16;;/h3-5H,6-8,13H2,1-2H3,(H,15,16);2*1H. The average molecular weight is 327 g/mol. The van der Waals surface area contributed by atoms with Crippen molar-refractivity contribution >= 4 is 53.9 Å². The van der Waals surface area contributed by atoms with Crippen LogP contribution in [-0.4, -0.2) is 30.9 Å². The highest BCUT2D eigenvalue weighted by Gasteiger charge is 2.06. The molecule has 1 rings (SSSR count). The minimum Gasteiger partial charge on any atom is -0.481 e. The molecule has 0 aromatic heterocycles. The lowest BCUT2D eigenvalue weighted by Gasteiger charge is -2.17. The molecular weight excluding hydrogens is 307 g/mol. The second-order valence-corrected chi connectivity index (χ2v) is 5.05. The van der Waals surface area contributed by atoms with Crippen molar-refractivity contribution in [3.05, 3.63) is 23.8 Å². The van der Waals surface area contributed by atoms with Crippen LogP contribution in [0, 0.1) is 0 Å². The van der Waals surface area contributed by atoms with Crippen molar-refractivity contribution in [1.82, 2.24) is 0 Å². The van der Waals surface area contributed by atoms with Crippen LogP contribution in [0.4, 0.5) is 11.4 Å². The first kappa shape index (κ1) is 20.5. The molecule has 1 aromatic carbocycles. The van der Waals surface area contributed by atoms with Crippen molar-refractivity contribution in [1.29, 1.82) is 0 Å². The number of benzene rings is 1. The summed E-state index contributed by atoms with van der Waals surface area (Å²) in [5.41, 5.74) is 8.90. The van der Waals surface area contributed by atoms with Gasteiger partial charge in [-0.15, -0.1) is 24.8 Å². The van der Waals surface area contributed by atoms with Gasteiger partial charge in [-0.1, -0.05) is 12.1 Å². The van der Waals surface area contributed by atoms with E-state index in [4.69, 9.17) is 10.8 Å². The van der Waals surface area contributed by atoms with E-state index in [1.54, 1.807) is 11.8 Å². The molecule has 0 aliphatic carbocycles. The normalized spacial score (nSPS) is 9.16. The average Bonchev–Trinajstić information content (AvgIpc) is 2.25. The molecule has 0 radical (unpaired) electrons. The largest absolute Gasteiger partial charge is 0.481 e. The Morgan fingerprint density at radius 2 is 2.00 bits per heavy atom. The predicted molar refractivity (Wildman–Crippen MR) is 88.1 cm³/mol. The third kappa shape index (κ3) is 6.80. The van der Waals surface area contributed by atoms with Crippen LogP contribution in [0.15, 0.2) is 18.2 Å². The zero-order chi connectivity index (χ0) is 12.8. The molecule has 0 unspecified atom stereocenters. The maximum atomic E-state index is 10.4. The molecule has 0 saturated carbocycles. The topological polar surface area (TPSA) is 66.6 Å². The minimum absolute atomic E-state index is 0. The molecule has 0 atom stereocenters. The first-order chi connectivity index (χ1) is 8.02. The van der Waals surface area contributed by atoms with Crippen LogP contribution in [0.2, 0.25) is 0 Å². The van der Waals surface area contributed by atoms with Crippen LogP contribution in [-0.2, 0) is 10.5 Å². The maximum Gasteiger partial charge on any atom is 0.304 e. The van der Waals surface area contributed by atoms with Gasteiger partial charge in [0.25, 0.3) is 0 Å². The number of para-hydroxylation sites is 1. The summed E-state index contributed by atoms with van der Waals surface area (Å²) >= 11 is 1.59. The van der Waals surface area contributed by atoms with Crippen LogP contribution < -0.4 is 10.6 Å². The SMILES string of the molecule is CN(C)c1cccc(CSCCC(=O)O)c1N.Cl.Cl. The molecule has 0 fully saturated rings. The number of hydrogen-bond acceptors (Lipinski definition) is 4. The molecule has 0 spiro atoms. The lowest BCUT2D eigenvalue weighted by Crippen LogP contribution is -2.12. The molecule has 0 aliphatic heterocycles. The fourth-order valence-electron chi connectivity index (χ4n) is 1.46. The molecule has 1 aromatic rings. The van der Waals surface area contributed by atoms with E-state index in [0.717, 1.165) is 22.7 Å². The summed E-state index contributed by atoms with van der Waals surface area (Å²) < 4.78 is 0. The van der Waals surface area contributed by atoms with E-state index >= 15 is 0 Å². The maximum absolute atomic E-state index is 10.4. The molecular formula is C12H20Cl2N2O2S. The smallest absolute Gasteiger partial charge is 0.304 e. The Morgan fingerprint density at radius 3 is 2.53 bits per heavy atom. The Bertz CT molecular complexity index is 403. The van der Waals surface area contributed by atoms with Gasteiger partial charge >= 0.3 is 5.97 Å². The van der Waals surface area contributed by atoms with Gasteiger partial charge in [0.2, 0.25) is 0 Å². The number of nitrogen functional groups attached to an aromatic ring is 1. The van der Waals surface area contributed by atoms with Crippen molar-refractivity contribution in [3.63, 3.8) is 0 Å². The number of rotatable bonds is 6. The number of nitrogens with two attached hydrogens (primary N) is 1. The van der Waals surface area contributed by atoms with Crippen LogP contribution in [0.5, 0.6) is 0 Å². The number of halogens is 2. The molecule has 110 valence electrons. The molecule has 0 aliphatic rings. The van der Waals surface area contributed by atoms with Crippen LogP contribution in [0.1, 0.15) is 12.0 Å². The third-order valence-corrected chi connectivity index (χ3v) is 3.38. The fraction of sp³-hybridized carbons (Fsp3) is 0.417.